The van der Waals surface area contributed by atoms with Gasteiger partial charge in [0.2, 0.25) is 23.6 Å². The lowest BCUT2D eigenvalue weighted by Crippen LogP contribution is -2.47. The Hall–Kier alpha value is -6.96. The van der Waals surface area contributed by atoms with E-state index in [-0.39, 0.29) is 84.1 Å². The predicted molar refractivity (Wildman–Crippen MR) is 339 cm³/mol. The van der Waals surface area contributed by atoms with Gasteiger partial charge in [-0.25, -0.2) is 0 Å². The van der Waals surface area contributed by atoms with E-state index in [4.69, 9.17) is 5.11 Å². The van der Waals surface area contributed by atoms with Crippen LogP contribution in [0.15, 0.2) is 111 Å². The molecular formula is C64H84N6O15S3. The molecule has 0 spiro atoms. The maximum atomic E-state index is 13.5. The Morgan fingerprint density at radius 1 is 0.648 bits per heavy atom. The van der Waals surface area contributed by atoms with Crippen molar-refractivity contribution >= 4 is 92.9 Å². The van der Waals surface area contributed by atoms with E-state index >= 15 is 0 Å². The lowest BCUT2D eigenvalue weighted by molar-refractivity contribution is -0.137. The monoisotopic (exact) mass is 1270 g/mol. The molecule has 0 aromatic heterocycles. The predicted octanol–water partition coefficient (Wildman–Crippen LogP) is 9.42. The number of aryl methyl sites for hydroxylation is 1. The number of amides is 4. The number of carbonyl (C=O) groups is 5. The van der Waals surface area contributed by atoms with Gasteiger partial charge in [-0.3, -0.25) is 37.6 Å². The maximum absolute atomic E-state index is 13.5. The molecule has 478 valence electrons. The number of anilines is 2. The van der Waals surface area contributed by atoms with Crippen LogP contribution in [0.2, 0.25) is 0 Å². The number of fused-ring (bicyclic) bond motifs is 10. The van der Waals surface area contributed by atoms with Gasteiger partial charge in [0.25, 0.3) is 30.4 Å². The molecule has 8 N–H and O–H groups in total. The molecule has 24 heteroatoms. The van der Waals surface area contributed by atoms with E-state index in [0.29, 0.717) is 120 Å². The average Bonchev–Trinajstić information content (AvgIpc) is 1.53. The van der Waals surface area contributed by atoms with Crippen molar-refractivity contribution in [2.75, 3.05) is 42.5 Å². The SMILES string of the molecule is CCC1(C)C2=CC=CC=CC=CC3N(CCCCCC(=O)NCC(=O)NCCCCC(C(=O)NCCCCCC(=O)O)NC(=O)CCCCCN2c2ccc4c(S(=O)(=O)O)cc(S(=O)(=O)O)cc4c21)c1ccc2c(C)cc(S(=O)(=O)O)cc2c1C3(C)CC. The molecule has 0 saturated carbocycles. The van der Waals surface area contributed by atoms with Gasteiger partial charge in [-0.05, 0) is 160 Å². The Morgan fingerprint density at radius 3 is 1.95 bits per heavy atom. The Balaban J connectivity index is 1.22. The van der Waals surface area contributed by atoms with Gasteiger partial charge in [0.05, 0.1) is 22.4 Å². The molecule has 0 saturated heterocycles. The molecule has 4 amide bonds. The smallest absolute Gasteiger partial charge is 0.303 e. The summed E-state index contributed by atoms with van der Waals surface area (Å²) in [6, 6.07) is 11.1. The number of rotatable bonds is 12. The molecule has 21 nitrogen and oxygen atoms in total. The van der Waals surface area contributed by atoms with Crippen molar-refractivity contribution in [2.45, 2.75) is 181 Å². The highest BCUT2D eigenvalue weighted by Crippen LogP contribution is 2.54. The van der Waals surface area contributed by atoms with E-state index in [1.807, 2.05) is 63.3 Å². The molecule has 0 radical (unpaired) electrons. The number of carboxylic acids is 1. The van der Waals surface area contributed by atoms with E-state index in [0.717, 1.165) is 33.8 Å². The second-order valence-electron chi connectivity index (χ2n) is 23.5. The highest BCUT2D eigenvalue weighted by atomic mass is 32.2. The van der Waals surface area contributed by atoms with Crippen molar-refractivity contribution in [3.05, 3.63) is 113 Å². The number of carbonyl (C=O) groups excluding carboxylic acids is 4. The summed E-state index contributed by atoms with van der Waals surface area (Å²) in [5, 5.41) is 22.1. The lowest BCUT2D eigenvalue weighted by Gasteiger charge is -2.35. The molecule has 4 atom stereocenters. The molecule has 4 aromatic rings. The minimum atomic E-state index is -5.00. The zero-order valence-corrected chi connectivity index (χ0v) is 53.2. The molecule has 7 rings (SSSR count). The number of hydrogen-bond donors (Lipinski definition) is 8. The summed E-state index contributed by atoms with van der Waals surface area (Å²) < 4.78 is 107. The number of unbranched alkanes of at least 4 members (excludes halogenated alkanes) is 2. The van der Waals surface area contributed by atoms with Crippen LogP contribution in [-0.4, -0.2) is 118 Å². The molecular weight excluding hydrogens is 1190 g/mol. The van der Waals surface area contributed by atoms with E-state index in [9.17, 15) is 62.9 Å². The normalized spacial score (nSPS) is 22.0. The molecule has 3 aliphatic heterocycles. The number of aliphatic carboxylic acids is 1. The van der Waals surface area contributed by atoms with E-state index < -0.39 is 63.0 Å². The van der Waals surface area contributed by atoms with Crippen LogP contribution in [0.5, 0.6) is 0 Å². The first kappa shape index (κ1) is 68.5. The van der Waals surface area contributed by atoms with Crippen LogP contribution in [0.25, 0.3) is 21.5 Å². The van der Waals surface area contributed by atoms with Crippen molar-refractivity contribution in [1.29, 1.82) is 0 Å². The Bertz CT molecular complexity index is 3770. The van der Waals surface area contributed by atoms with Gasteiger partial charge < -0.3 is 36.2 Å². The zero-order valence-electron chi connectivity index (χ0n) is 50.8. The van der Waals surface area contributed by atoms with Crippen LogP contribution in [0.3, 0.4) is 0 Å². The summed E-state index contributed by atoms with van der Waals surface area (Å²) >= 11 is 0. The minimum Gasteiger partial charge on any atom is -0.481 e. The first-order valence-corrected chi connectivity index (χ1v) is 34.7. The molecule has 0 aliphatic carbocycles. The van der Waals surface area contributed by atoms with Crippen LogP contribution in [0.1, 0.15) is 154 Å². The van der Waals surface area contributed by atoms with E-state index in [2.05, 4.69) is 57.1 Å². The minimum absolute atomic E-state index is 0.0208. The van der Waals surface area contributed by atoms with Gasteiger partial charge in [-0.1, -0.05) is 88.6 Å². The molecule has 4 unspecified atom stereocenters. The summed E-state index contributed by atoms with van der Waals surface area (Å²) in [7, 11) is -14.5. The molecule has 0 fully saturated rings. The standard InChI is InChI=1S/C64H84N6O15S3/c1-6-63(4)54-25-14-9-8-10-15-26-55-64(5,7-2)61-49-40-45(87(80,81)82)41-53(88(83,84)85)47(49)31-33-52(61)70(55)37-23-13-17-28-57(72)68-50(62(76)66-35-20-11-18-29-59(74)75)24-19-21-34-65-58(73)42-67-56(71)27-16-12-22-36-69(54)51-32-30-46-43(3)38-44(86(77,78)79)39-48(46)60(51)63/h8-10,14-15,25-26,30-33,38-41,50,54H,6-7,11-13,16-24,27-29,34-37,42H2,1-5H3,(H,65,73)(H,66,76)(H,67,71)(H,68,72)(H,74,75)(H,77,78,79)(H,80,81,82)(H,83,84,85). The summed E-state index contributed by atoms with van der Waals surface area (Å²) in [6.07, 6.45) is 21.2. The van der Waals surface area contributed by atoms with Crippen molar-refractivity contribution in [2.24, 2.45) is 0 Å². The number of carboxylic acid groups (broad SMARTS) is 1. The zero-order chi connectivity index (χ0) is 64.2. The van der Waals surface area contributed by atoms with Crippen molar-refractivity contribution in [1.82, 2.24) is 21.3 Å². The highest BCUT2D eigenvalue weighted by molar-refractivity contribution is 7.87. The topological polar surface area (TPSA) is 323 Å². The summed E-state index contributed by atoms with van der Waals surface area (Å²) in [5.74, 6) is -2.26. The fourth-order valence-electron chi connectivity index (χ4n) is 12.6. The van der Waals surface area contributed by atoms with Gasteiger partial charge in [0.15, 0.2) is 0 Å². The number of nitrogens with zero attached hydrogens (tertiary/aromatic N) is 2. The lowest BCUT2D eigenvalue weighted by atomic mass is 9.74. The van der Waals surface area contributed by atoms with Crippen molar-refractivity contribution in [3.63, 3.8) is 0 Å². The Kier molecular flexibility index (Phi) is 23.0. The molecule has 3 heterocycles. The average molecular weight is 1270 g/mol. The van der Waals surface area contributed by atoms with Gasteiger partial charge in [0, 0.05) is 78.7 Å². The third-order valence-electron chi connectivity index (χ3n) is 17.5. The van der Waals surface area contributed by atoms with Gasteiger partial charge in [-0.2, -0.15) is 25.3 Å². The summed E-state index contributed by atoms with van der Waals surface area (Å²) in [5.41, 5.74) is 3.17. The van der Waals surface area contributed by atoms with Crippen LogP contribution in [0, 0.1) is 6.92 Å². The van der Waals surface area contributed by atoms with Crippen LogP contribution < -0.4 is 31.1 Å². The second kappa shape index (κ2) is 29.6. The van der Waals surface area contributed by atoms with Gasteiger partial charge in [0.1, 0.15) is 10.9 Å². The number of benzene rings is 4. The van der Waals surface area contributed by atoms with Crippen LogP contribution in [-0.2, 0) is 65.2 Å². The van der Waals surface area contributed by atoms with Gasteiger partial charge in [-0.15, -0.1) is 0 Å². The van der Waals surface area contributed by atoms with Crippen LogP contribution in [0.4, 0.5) is 11.4 Å². The summed E-state index contributed by atoms with van der Waals surface area (Å²) in [4.78, 5) is 66.6. The number of nitrogens with one attached hydrogen (secondary N) is 4. The number of hydrogen-bond acceptors (Lipinski definition) is 13. The molecule has 4 aromatic carbocycles. The highest BCUT2D eigenvalue weighted by Gasteiger charge is 2.47. The first-order valence-electron chi connectivity index (χ1n) is 30.3. The summed E-state index contributed by atoms with van der Waals surface area (Å²) in [6.45, 7) is 11.3. The first-order chi connectivity index (χ1) is 41.6. The third-order valence-corrected chi connectivity index (χ3v) is 20.1. The fraction of sp³-hybridized carbons (Fsp3) is 0.484. The van der Waals surface area contributed by atoms with E-state index in [1.165, 1.54) is 18.2 Å². The Labute approximate surface area is 516 Å². The van der Waals surface area contributed by atoms with Crippen LogP contribution >= 0.6 is 0 Å². The van der Waals surface area contributed by atoms with E-state index in [1.54, 1.807) is 12.1 Å². The fourth-order valence-corrected chi connectivity index (χ4v) is 14.5. The molecule has 88 heavy (non-hydrogen) atoms. The van der Waals surface area contributed by atoms with Gasteiger partial charge >= 0.3 is 5.97 Å². The quantitative estimate of drug-likeness (QED) is 0.0483. The number of allylic oxidation sites excluding steroid dienone is 7. The third kappa shape index (κ3) is 16.5. The second-order valence-corrected chi connectivity index (χ2v) is 27.7. The largest absolute Gasteiger partial charge is 0.481 e. The maximum Gasteiger partial charge on any atom is 0.303 e. The Morgan fingerprint density at radius 2 is 1.28 bits per heavy atom. The van der Waals surface area contributed by atoms with Crippen molar-refractivity contribution in [3.8, 4) is 0 Å². The van der Waals surface area contributed by atoms with Crippen molar-refractivity contribution < 1.29 is 68.0 Å². The molecule has 3 aliphatic rings. The molecule has 0 bridgehead atoms.